The fourth-order valence-corrected chi connectivity index (χ4v) is 7.12. The molecule has 1 heterocycles. The Labute approximate surface area is 191 Å². The van der Waals surface area contributed by atoms with E-state index in [4.69, 9.17) is 9.47 Å². The second-order valence-electron chi connectivity index (χ2n) is 11.4. The lowest BCUT2D eigenvalue weighted by atomic mass is 9.47. The molecule has 0 spiro atoms. The number of ether oxygens (including phenoxy) is 2. The number of hydrogen-bond acceptors (Lipinski definition) is 5. The van der Waals surface area contributed by atoms with E-state index < -0.39 is 11.7 Å². The lowest BCUT2D eigenvalue weighted by Crippen LogP contribution is -2.66. The quantitative estimate of drug-likeness (QED) is 0.711. The summed E-state index contributed by atoms with van der Waals surface area (Å²) >= 11 is 0. The molecule has 5 rings (SSSR count). The van der Waals surface area contributed by atoms with Gasteiger partial charge in [-0.3, -0.25) is 4.79 Å². The summed E-state index contributed by atoms with van der Waals surface area (Å²) in [6, 6.07) is -0.0193. The van der Waals surface area contributed by atoms with Crippen molar-refractivity contribution in [3.8, 4) is 0 Å². The van der Waals surface area contributed by atoms with E-state index in [1.807, 2.05) is 16.7 Å². The molecule has 1 atom stereocenters. The summed E-state index contributed by atoms with van der Waals surface area (Å²) in [5.41, 5.74) is -0.527. The third-order valence-electron chi connectivity index (χ3n) is 7.81. The Morgan fingerprint density at radius 3 is 2.12 bits per heavy atom. The average molecular weight is 450 g/mol. The summed E-state index contributed by atoms with van der Waals surface area (Å²) in [5.74, 6) is 2.13. The van der Waals surface area contributed by atoms with Crippen molar-refractivity contribution in [1.29, 1.82) is 0 Å². The Kier molecular flexibility index (Phi) is 6.34. The van der Waals surface area contributed by atoms with Crippen LogP contribution in [0, 0.1) is 23.2 Å². The van der Waals surface area contributed by atoms with Crippen LogP contribution in [-0.2, 0) is 14.3 Å². The zero-order chi connectivity index (χ0) is 23.1. The first-order chi connectivity index (χ1) is 15.1. The zero-order valence-corrected chi connectivity index (χ0v) is 20.0. The molecule has 0 aromatic carbocycles. The van der Waals surface area contributed by atoms with Crippen molar-refractivity contribution in [3.63, 3.8) is 0 Å². The van der Waals surface area contributed by atoms with Crippen molar-refractivity contribution in [2.75, 3.05) is 32.8 Å². The fraction of sp³-hybridized carbons (Fsp3) is 0.875. The third kappa shape index (κ3) is 4.84. The lowest BCUT2D eigenvalue weighted by Gasteiger charge is -2.62. The summed E-state index contributed by atoms with van der Waals surface area (Å²) in [6.45, 7) is 8.91. The van der Waals surface area contributed by atoms with E-state index in [0.717, 1.165) is 37.0 Å². The molecule has 8 heteroatoms. The van der Waals surface area contributed by atoms with Gasteiger partial charge in [-0.05, 0) is 89.4 Å². The topological polar surface area (TPSA) is 88.2 Å². The Bertz CT molecular complexity index is 711. The van der Waals surface area contributed by atoms with E-state index in [0.29, 0.717) is 26.2 Å². The Morgan fingerprint density at radius 1 is 1.00 bits per heavy atom. The normalized spacial score (nSPS) is 33.8. The zero-order valence-electron chi connectivity index (χ0n) is 20.0. The van der Waals surface area contributed by atoms with Crippen LogP contribution in [0.4, 0.5) is 9.59 Å². The van der Waals surface area contributed by atoms with Crippen molar-refractivity contribution in [3.05, 3.63) is 0 Å². The first kappa shape index (κ1) is 23.2. The molecule has 5 fully saturated rings. The maximum atomic E-state index is 13.0. The van der Waals surface area contributed by atoms with E-state index in [2.05, 4.69) is 5.32 Å². The maximum Gasteiger partial charge on any atom is 0.410 e. The van der Waals surface area contributed by atoms with Crippen molar-refractivity contribution in [2.45, 2.75) is 77.9 Å². The molecule has 8 nitrogen and oxygen atoms in total. The van der Waals surface area contributed by atoms with Gasteiger partial charge >= 0.3 is 12.2 Å². The monoisotopic (exact) mass is 449 g/mol. The minimum atomic E-state index is -0.609. The number of nitrogens with one attached hydrogen (secondary N) is 1. The molecule has 32 heavy (non-hydrogen) atoms. The summed E-state index contributed by atoms with van der Waals surface area (Å²) in [7, 11) is 0. The summed E-state index contributed by atoms with van der Waals surface area (Å²) in [6.07, 6.45) is 6.59. The first-order valence-electron chi connectivity index (χ1n) is 12.3. The maximum absolute atomic E-state index is 13.0. The highest BCUT2D eigenvalue weighted by Crippen LogP contribution is 2.62. The van der Waals surface area contributed by atoms with Gasteiger partial charge in [0, 0.05) is 19.6 Å². The highest BCUT2D eigenvalue weighted by atomic mass is 16.6. The highest BCUT2D eigenvalue weighted by molar-refractivity contribution is 5.82. The fourth-order valence-electron chi connectivity index (χ4n) is 7.12. The van der Waals surface area contributed by atoms with Crippen LogP contribution in [0.2, 0.25) is 0 Å². The molecular weight excluding hydrogens is 410 g/mol. The van der Waals surface area contributed by atoms with Gasteiger partial charge in [0.1, 0.15) is 12.1 Å². The SMILES string of the molecule is CCOC(=O)N1CCN(C(=O)CNC(=O)OC(C)(C)C)CC1C12CC3CC(CC(C3)C1)C2. The Hall–Kier alpha value is -1.99. The molecule has 1 saturated heterocycles. The van der Waals surface area contributed by atoms with Crippen LogP contribution in [0.25, 0.3) is 0 Å². The minimum absolute atomic E-state index is 0.0193. The molecule has 0 radical (unpaired) electrons. The summed E-state index contributed by atoms with van der Waals surface area (Å²) < 4.78 is 10.7. The molecule has 4 aliphatic carbocycles. The van der Waals surface area contributed by atoms with E-state index in [1.165, 1.54) is 19.3 Å². The number of alkyl carbamates (subject to hydrolysis) is 1. The van der Waals surface area contributed by atoms with Crippen molar-refractivity contribution < 1.29 is 23.9 Å². The number of carbonyl (C=O) groups excluding carboxylic acids is 3. The number of carbonyl (C=O) groups is 3. The molecule has 0 aromatic rings. The molecule has 180 valence electrons. The van der Waals surface area contributed by atoms with Gasteiger partial charge in [-0.25, -0.2) is 9.59 Å². The predicted molar refractivity (Wildman–Crippen MR) is 119 cm³/mol. The standard InChI is InChI=1S/C24H39N3O5/c1-5-31-22(30)27-7-6-26(20(28)14-25-21(29)32-23(2,3)4)15-19(27)24-11-16-8-17(12-24)10-18(9-16)13-24/h16-19H,5-15H2,1-4H3,(H,25,29). The molecule has 1 aliphatic heterocycles. The van der Waals surface area contributed by atoms with Crippen molar-refractivity contribution in [1.82, 2.24) is 15.1 Å². The van der Waals surface area contributed by atoms with E-state index in [1.54, 1.807) is 20.8 Å². The van der Waals surface area contributed by atoms with E-state index >= 15 is 0 Å². The highest BCUT2D eigenvalue weighted by Gasteiger charge is 2.57. The number of piperazine rings is 1. The van der Waals surface area contributed by atoms with Crippen LogP contribution in [0.5, 0.6) is 0 Å². The molecule has 4 bridgehead atoms. The lowest BCUT2D eigenvalue weighted by molar-refractivity contribution is -0.142. The van der Waals surface area contributed by atoms with Gasteiger partial charge < -0.3 is 24.6 Å². The molecule has 4 saturated carbocycles. The predicted octanol–water partition coefficient (Wildman–Crippen LogP) is 3.40. The average Bonchev–Trinajstić information content (AvgIpc) is 2.69. The largest absolute Gasteiger partial charge is 0.450 e. The van der Waals surface area contributed by atoms with Crippen LogP contribution in [0.3, 0.4) is 0 Å². The number of hydrogen-bond donors (Lipinski definition) is 1. The van der Waals surface area contributed by atoms with Crippen molar-refractivity contribution in [2.24, 2.45) is 23.2 Å². The van der Waals surface area contributed by atoms with Gasteiger partial charge in [-0.2, -0.15) is 0 Å². The molecule has 0 aromatic heterocycles. The molecule has 3 amide bonds. The third-order valence-corrected chi connectivity index (χ3v) is 7.81. The molecule has 1 unspecified atom stereocenters. The molecule has 1 N–H and O–H groups in total. The Morgan fingerprint density at radius 2 is 1.59 bits per heavy atom. The Balaban J connectivity index is 1.46. The summed E-state index contributed by atoms with van der Waals surface area (Å²) in [5, 5.41) is 2.58. The second-order valence-corrected chi connectivity index (χ2v) is 11.4. The van der Waals surface area contributed by atoms with Gasteiger partial charge in [-0.15, -0.1) is 0 Å². The number of amides is 3. The molecular formula is C24H39N3O5. The van der Waals surface area contributed by atoms with Crippen LogP contribution < -0.4 is 5.32 Å². The number of rotatable bonds is 4. The van der Waals surface area contributed by atoms with Crippen LogP contribution in [-0.4, -0.2) is 72.3 Å². The van der Waals surface area contributed by atoms with E-state index in [-0.39, 0.29) is 30.0 Å². The van der Waals surface area contributed by atoms with Gasteiger partial charge in [0.2, 0.25) is 5.91 Å². The summed E-state index contributed by atoms with van der Waals surface area (Å²) in [4.78, 5) is 41.5. The van der Waals surface area contributed by atoms with E-state index in [9.17, 15) is 14.4 Å². The first-order valence-corrected chi connectivity index (χ1v) is 12.3. The smallest absolute Gasteiger partial charge is 0.410 e. The van der Waals surface area contributed by atoms with Gasteiger partial charge in [0.05, 0.1) is 12.6 Å². The minimum Gasteiger partial charge on any atom is -0.450 e. The van der Waals surface area contributed by atoms with Crippen molar-refractivity contribution >= 4 is 18.1 Å². The van der Waals surface area contributed by atoms with Crippen LogP contribution in [0.15, 0.2) is 0 Å². The van der Waals surface area contributed by atoms with Crippen LogP contribution >= 0.6 is 0 Å². The van der Waals surface area contributed by atoms with Gasteiger partial charge in [0.25, 0.3) is 0 Å². The van der Waals surface area contributed by atoms with Crippen LogP contribution in [0.1, 0.15) is 66.2 Å². The van der Waals surface area contributed by atoms with Gasteiger partial charge in [0.15, 0.2) is 0 Å². The molecule has 5 aliphatic rings. The van der Waals surface area contributed by atoms with Gasteiger partial charge in [-0.1, -0.05) is 0 Å². The number of nitrogens with zero attached hydrogens (tertiary/aromatic N) is 2. The second kappa shape index (κ2) is 8.75.